The number of nitrogens with two attached hydrogens (primary N) is 1. The van der Waals surface area contributed by atoms with Crippen LogP contribution in [0, 0.1) is 0 Å². The molecule has 19 heavy (non-hydrogen) atoms. The van der Waals surface area contributed by atoms with Gasteiger partial charge in [-0.2, -0.15) is 5.10 Å². The molecule has 0 fully saturated rings. The average Bonchev–Trinajstić information content (AvgIpc) is 2.87. The summed E-state index contributed by atoms with van der Waals surface area (Å²) < 4.78 is 1.68. The first-order chi connectivity index (χ1) is 8.99. The lowest BCUT2D eigenvalue weighted by Crippen LogP contribution is -2.22. The van der Waals surface area contributed by atoms with Crippen LogP contribution in [0.1, 0.15) is 29.0 Å². The van der Waals surface area contributed by atoms with E-state index < -0.39 is 0 Å². The summed E-state index contributed by atoms with van der Waals surface area (Å²) in [7, 11) is 3.41. The Morgan fingerprint density at radius 1 is 1.26 bits per heavy atom. The van der Waals surface area contributed by atoms with Crippen LogP contribution >= 0.6 is 0 Å². The number of aromatic nitrogens is 2. The van der Waals surface area contributed by atoms with E-state index in [1.165, 1.54) is 4.90 Å². The van der Waals surface area contributed by atoms with Gasteiger partial charge in [0, 0.05) is 26.3 Å². The van der Waals surface area contributed by atoms with Crippen molar-refractivity contribution >= 4 is 5.91 Å². The highest BCUT2D eigenvalue weighted by atomic mass is 16.2. The summed E-state index contributed by atoms with van der Waals surface area (Å²) in [6.07, 6.45) is 1.78. The topological polar surface area (TPSA) is 64.2 Å². The third-order valence-electron chi connectivity index (χ3n) is 2.90. The lowest BCUT2D eigenvalue weighted by Gasteiger charge is -2.08. The van der Waals surface area contributed by atoms with Gasteiger partial charge in [0.15, 0.2) is 5.69 Å². The summed E-state index contributed by atoms with van der Waals surface area (Å²) in [6, 6.07) is 9.54. The Balaban J connectivity index is 2.25. The highest BCUT2D eigenvalue weighted by Gasteiger charge is 2.11. The van der Waals surface area contributed by atoms with Crippen LogP contribution in [0.3, 0.4) is 0 Å². The molecule has 1 aromatic heterocycles. The van der Waals surface area contributed by atoms with Gasteiger partial charge in [-0.3, -0.25) is 4.79 Å². The Bertz CT molecular complexity index is 569. The van der Waals surface area contributed by atoms with E-state index in [2.05, 4.69) is 5.10 Å². The monoisotopic (exact) mass is 258 g/mol. The van der Waals surface area contributed by atoms with Gasteiger partial charge < -0.3 is 10.6 Å². The van der Waals surface area contributed by atoms with E-state index in [9.17, 15) is 4.79 Å². The van der Waals surface area contributed by atoms with Crippen molar-refractivity contribution in [3.8, 4) is 5.69 Å². The van der Waals surface area contributed by atoms with Crippen LogP contribution < -0.4 is 5.73 Å². The molecule has 1 heterocycles. The third kappa shape index (κ3) is 2.82. The third-order valence-corrected chi connectivity index (χ3v) is 2.90. The van der Waals surface area contributed by atoms with Crippen molar-refractivity contribution in [3.05, 3.63) is 47.8 Å². The SMILES string of the molecule is C[C@@H](N)c1ccc(-n2ccc(C(=O)N(C)C)n2)cc1. The quantitative estimate of drug-likeness (QED) is 0.909. The molecule has 0 radical (unpaired) electrons. The van der Waals surface area contributed by atoms with Crippen molar-refractivity contribution in [2.45, 2.75) is 13.0 Å². The molecule has 1 aromatic carbocycles. The molecular weight excluding hydrogens is 240 g/mol. The van der Waals surface area contributed by atoms with E-state index in [4.69, 9.17) is 5.73 Å². The molecule has 5 nitrogen and oxygen atoms in total. The van der Waals surface area contributed by atoms with Gasteiger partial charge in [0.05, 0.1) is 5.69 Å². The lowest BCUT2D eigenvalue weighted by atomic mass is 10.1. The van der Waals surface area contributed by atoms with Crippen molar-refractivity contribution in [1.82, 2.24) is 14.7 Å². The fourth-order valence-corrected chi connectivity index (χ4v) is 1.74. The zero-order chi connectivity index (χ0) is 14.0. The second-order valence-electron chi connectivity index (χ2n) is 4.73. The van der Waals surface area contributed by atoms with E-state index in [0.717, 1.165) is 11.3 Å². The van der Waals surface area contributed by atoms with Crippen LogP contribution in [0.15, 0.2) is 36.5 Å². The number of carbonyl (C=O) groups is 1. The number of nitrogens with zero attached hydrogens (tertiary/aromatic N) is 3. The minimum absolute atomic E-state index is 0.0116. The van der Waals surface area contributed by atoms with Gasteiger partial charge >= 0.3 is 0 Å². The van der Waals surface area contributed by atoms with Gasteiger partial charge in [0.2, 0.25) is 0 Å². The van der Waals surface area contributed by atoms with Gasteiger partial charge in [-0.1, -0.05) is 12.1 Å². The van der Waals surface area contributed by atoms with Crippen LogP contribution in [-0.4, -0.2) is 34.7 Å². The molecule has 0 aliphatic rings. The normalized spacial score (nSPS) is 12.2. The molecule has 0 spiro atoms. The van der Waals surface area contributed by atoms with Crippen molar-refractivity contribution in [1.29, 1.82) is 0 Å². The molecule has 0 bridgehead atoms. The number of amides is 1. The zero-order valence-corrected chi connectivity index (χ0v) is 11.4. The minimum Gasteiger partial charge on any atom is -0.343 e. The van der Waals surface area contributed by atoms with Crippen molar-refractivity contribution < 1.29 is 4.79 Å². The molecule has 1 atom stereocenters. The van der Waals surface area contributed by atoms with E-state index in [0.29, 0.717) is 5.69 Å². The van der Waals surface area contributed by atoms with Crippen molar-refractivity contribution in [3.63, 3.8) is 0 Å². The molecule has 2 N–H and O–H groups in total. The Kier molecular flexibility index (Phi) is 3.66. The van der Waals surface area contributed by atoms with Gasteiger partial charge in [0.1, 0.15) is 0 Å². The van der Waals surface area contributed by atoms with Gasteiger partial charge in [0.25, 0.3) is 5.91 Å². The summed E-state index contributed by atoms with van der Waals surface area (Å²) in [6.45, 7) is 1.94. The van der Waals surface area contributed by atoms with E-state index in [1.807, 2.05) is 31.2 Å². The molecule has 0 aliphatic carbocycles. The standard InChI is InChI=1S/C14H18N4O/c1-10(15)11-4-6-12(7-5-11)18-9-8-13(16-18)14(19)17(2)3/h4-10H,15H2,1-3H3/t10-/m1/s1. The Hall–Kier alpha value is -2.14. The maximum Gasteiger partial charge on any atom is 0.273 e. The maximum absolute atomic E-state index is 11.8. The first-order valence-electron chi connectivity index (χ1n) is 6.12. The van der Waals surface area contributed by atoms with Crippen LogP contribution in [-0.2, 0) is 0 Å². The predicted octanol–water partition coefficient (Wildman–Crippen LogP) is 1.59. The largest absolute Gasteiger partial charge is 0.343 e. The summed E-state index contributed by atoms with van der Waals surface area (Å²) in [5, 5.41) is 4.27. The van der Waals surface area contributed by atoms with Crippen LogP contribution in [0.4, 0.5) is 0 Å². The molecule has 1 amide bonds. The summed E-state index contributed by atoms with van der Waals surface area (Å²) in [5.74, 6) is -0.106. The molecule has 0 aliphatic heterocycles. The molecule has 0 saturated carbocycles. The smallest absolute Gasteiger partial charge is 0.273 e. The minimum atomic E-state index is -0.106. The maximum atomic E-state index is 11.8. The van der Waals surface area contributed by atoms with Gasteiger partial charge in [-0.15, -0.1) is 0 Å². The van der Waals surface area contributed by atoms with E-state index in [-0.39, 0.29) is 11.9 Å². The number of benzene rings is 1. The van der Waals surface area contributed by atoms with E-state index >= 15 is 0 Å². The molecule has 2 aromatic rings. The van der Waals surface area contributed by atoms with Crippen molar-refractivity contribution in [2.24, 2.45) is 5.73 Å². The molecule has 5 heteroatoms. The Labute approximate surface area is 112 Å². The number of hydrogen-bond donors (Lipinski definition) is 1. The highest BCUT2D eigenvalue weighted by molar-refractivity contribution is 5.91. The lowest BCUT2D eigenvalue weighted by molar-refractivity contribution is 0.0821. The molecule has 100 valence electrons. The number of hydrogen-bond acceptors (Lipinski definition) is 3. The van der Waals surface area contributed by atoms with Crippen LogP contribution in [0.5, 0.6) is 0 Å². The highest BCUT2D eigenvalue weighted by Crippen LogP contribution is 2.14. The molecule has 0 unspecified atom stereocenters. The fraction of sp³-hybridized carbons (Fsp3) is 0.286. The van der Waals surface area contributed by atoms with Crippen molar-refractivity contribution in [2.75, 3.05) is 14.1 Å². The predicted molar refractivity (Wildman–Crippen MR) is 74.2 cm³/mol. The number of rotatable bonds is 3. The molecule has 0 saturated heterocycles. The molecular formula is C14H18N4O. The summed E-state index contributed by atoms with van der Waals surface area (Å²) >= 11 is 0. The van der Waals surface area contributed by atoms with Crippen LogP contribution in [0.25, 0.3) is 5.69 Å². The van der Waals surface area contributed by atoms with Gasteiger partial charge in [-0.25, -0.2) is 4.68 Å². The average molecular weight is 258 g/mol. The van der Waals surface area contributed by atoms with Crippen LogP contribution in [0.2, 0.25) is 0 Å². The zero-order valence-electron chi connectivity index (χ0n) is 11.4. The summed E-state index contributed by atoms with van der Waals surface area (Å²) in [4.78, 5) is 13.3. The first kappa shape index (κ1) is 13.3. The first-order valence-corrected chi connectivity index (χ1v) is 6.12. The Morgan fingerprint density at radius 3 is 2.42 bits per heavy atom. The second-order valence-corrected chi connectivity index (χ2v) is 4.73. The van der Waals surface area contributed by atoms with Gasteiger partial charge in [-0.05, 0) is 30.7 Å². The number of carbonyl (C=O) groups excluding carboxylic acids is 1. The van der Waals surface area contributed by atoms with E-state index in [1.54, 1.807) is 31.0 Å². The summed E-state index contributed by atoms with van der Waals surface area (Å²) in [5.41, 5.74) is 8.21. The second kappa shape index (κ2) is 5.24. The molecule has 2 rings (SSSR count). The fourth-order valence-electron chi connectivity index (χ4n) is 1.74. The Morgan fingerprint density at radius 2 is 1.89 bits per heavy atom.